The van der Waals surface area contributed by atoms with Crippen LogP contribution in [-0.4, -0.2) is 49.3 Å². The van der Waals surface area contributed by atoms with Crippen LogP contribution in [0.1, 0.15) is 64.3 Å². The highest BCUT2D eigenvalue weighted by atomic mass is 79.9. The van der Waals surface area contributed by atoms with Gasteiger partial charge < -0.3 is 14.4 Å². The van der Waals surface area contributed by atoms with Crippen molar-refractivity contribution >= 4 is 27.8 Å². The lowest BCUT2D eigenvalue weighted by atomic mass is 9.88. The number of carbonyl (C=O) groups excluding carboxylic acids is 1. The zero-order valence-electron chi connectivity index (χ0n) is 16.4. The van der Waals surface area contributed by atoms with Gasteiger partial charge in [-0.2, -0.15) is 9.50 Å². The molecule has 0 aliphatic carbocycles. The van der Waals surface area contributed by atoms with Gasteiger partial charge in [-0.25, -0.2) is 9.78 Å². The van der Waals surface area contributed by atoms with Crippen molar-refractivity contribution in [3.63, 3.8) is 0 Å². The lowest BCUT2D eigenvalue weighted by Gasteiger charge is -2.29. The summed E-state index contributed by atoms with van der Waals surface area (Å²) < 4.78 is 13.6. The summed E-state index contributed by atoms with van der Waals surface area (Å²) in [6, 6.07) is 0. The van der Waals surface area contributed by atoms with Crippen molar-refractivity contribution in [3.8, 4) is 0 Å². The van der Waals surface area contributed by atoms with Gasteiger partial charge >= 0.3 is 6.09 Å². The second-order valence-corrected chi connectivity index (χ2v) is 9.15. The summed E-state index contributed by atoms with van der Waals surface area (Å²) in [5.74, 6) is 0.312. The number of hydrogen-bond acceptors (Lipinski definition) is 6. The molecule has 28 heavy (non-hydrogen) atoms. The Balaban J connectivity index is 1.68. The van der Waals surface area contributed by atoms with E-state index in [4.69, 9.17) is 9.47 Å². The second kappa shape index (κ2) is 6.55. The Morgan fingerprint density at radius 1 is 1.32 bits per heavy atom. The maximum absolute atomic E-state index is 13.2. The average molecular weight is 454 g/mol. The quantitative estimate of drug-likeness (QED) is 0.657. The van der Waals surface area contributed by atoms with Gasteiger partial charge in [0.15, 0.2) is 4.73 Å². The number of nitrogens with zero attached hydrogens (tertiary/aromatic N) is 4. The molecule has 152 valence electrons. The Labute approximate surface area is 170 Å². The zero-order valence-corrected chi connectivity index (χ0v) is 18.0. The van der Waals surface area contributed by atoms with E-state index >= 15 is 0 Å². The standard InChI is InChI=1S/C18H24BrN5O4/c1-10-12-11(13(25)24-15(20-12)21-14(19)22-24)18(27-10)6-5-8-23(9-7-18)16(26)28-17(2,3)4/h10H,5-9H2,1-4H3,(H,20,21,22)/t10-,18-/m0/s1. The summed E-state index contributed by atoms with van der Waals surface area (Å²) in [5, 5.41) is 2.87. The zero-order chi connectivity index (χ0) is 20.3. The number of amides is 1. The van der Waals surface area contributed by atoms with Crippen molar-refractivity contribution in [1.29, 1.82) is 0 Å². The van der Waals surface area contributed by atoms with Crippen molar-refractivity contribution in [2.45, 2.75) is 64.3 Å². The van der Waals surface area contributed by atoms with Gasteiger partial charge in [0.2, 0.25) is 0 Å². The van der Waals surface area contributed by atoms with Crippen LogP contribution in [0.15, 0.2) is 9.53 Å². The van der Waals surface area contributed by atoms with Crippen LogP contribution in [0.5, 0.6) is 0 Å². The van der Waals surface area contributed by atoms with E-state index in [2.05, 4.69) is 31.0 Å². The van der Waals surface area contributed by atoms with Gasteiger partial charge in [-0.3, -0.25) is 9.89 Å². The number of aromatic amines is 1. The number of hydrogen-bond donors (Lipinski definition) is 1. The van der Waals surface area contributed by atoms with Crippen LogP contribution in [0.3, 0.4) is 0 Å². The van der Waals surface area contributed by atoms with Crippen molar-refractivity contribution in [3.05, 3.63) is 26.3 Å². The average Bonchev–Trinajstić information content (AvgIpc) is 2.98. The fourth-order valence-corrected chi connectivity index (χ4v) is 4.40. The van der Waals surface area contributed by atoms with Gasteiger partial charge in [0.05, 0.1) is 17.4 Å². The fourth-order valence-electron chi connectivity index (χ4n) is 4.07. The molecule has 0 bridgehead atoms. The highest BCUT2D eigenvalue weighted by molar-refractivity contribution is 9.10. The van der Waals surface area contributed by atoms with E-state index < -0.39 is 11.2 Å². The Kier molecular flexibility index (Phi) is 4.53. The molecule has 0 aromatic carbocycles. The molecule has 2 aromatic heterocycles. The molecular weight excluding hydrogens is 430 g/mol. The lowest BCUT2D eigenvalue weighted by molar-refractivity contribution is -0.0798. The molecule has 2 aromatic rings. The van der Waals surface area contributed by atoms with Crippen molar-refractivity contribution in [2.75, 3.05) is 13.1 Å². The molecule has 1 spiro atoms. The molecule has 1 fully saturated rings. The minimum atomic E-state index is -0.756. The number of H-pyrrole nitrogens is 1. The first-order chi connectivity index (χ1) is 13.1. The first kappa shape index (κ1) is 19.4. The normalized spacial score (nSPS) is 25.2. The van der Waals surface area contributed by atoms with Crippen LogP contribution in [0.25, 0.3) is 5.78 Å². The molecule has 2 aliphatic heterocycles. The minimum absolute atomic E-state index is 0.201. The van der Waals surface area contributed by atoms with E-state index in [-0.39, 0.29) is 17.8 Å². The summed E-state index contributed by atoms with van der Waals surface area (Å²) in [7, 11) is 0. The second-order valence-electron chi connectivity index (χ2n) is 8.40. The van der Waals surface area contributed by atoms with Gasteiger partial charge in [-0.1, -0.05) is 0 Å². The van der Waals surface area contributed by atoms with Gasteiger partial charge in [0.1, 0.15) is 11.2 Å². The van der Waals surface area contributed by atoms with E-state index in [9.17, 15) is 9.59 Å². The molecule has 0 saturated carbocycles. The van der Waals surface area contributed by atoms with Crippen LogP contribution < -0.4 is 5.56 Å². The molecule has 1 N–H and O–H groups in total. The molecule has 2 aliphatic rings. The highest BCUT2D eigenvalue weighted by Gasteiger charge is 2.48. The third-order valence-electron chi connectivity index (χ3n) is 5.18. The van der Waals surface area contributed by atoms with Crippen LogP contribution in [0, 0.1) is 0 Å². The predicted octanol–water partition coefficient (Wildman–Crippen LogP) is 2.89. The van der Waals surface area contributed by atoms with E-state index in [0.29, 0.717) is 54.1 Å². The summed E-state index contributed by atoms with van der Waals surface area (Å²) in [4.78, 5) is 36.2. The first-order valence-electron chi connectivity index (χ1n) is 9.44. The first-order valence-corrected chi connectivity index (χ1v) is 10.2. The maximum atomic E-state index is 13.2. The third kappa shape index (κ3) is 3.22. The Morgan fingerprint density at radius 2 is 2.07 bits per heavy atom. The van der Waals surface area contributed by atoms with Gasteiger partial charge in [-0.15, -0.1) is 0 Å². The molecule has 0 radical (unpaired) electrons. The van der Waals surface area contributed by atoms with Crippen molar-refractivity contribution in [1.82, 2.24) is 24.5 Å². The molecule has 2 atom stereocenters. The number of rotatable bonds is 0. The smallest absolute Gasteiger partial charge is 0.410 e. The van der Waals surface area contributed by atoms with Crippen LogP contribution >= 0.6 is 15.9 Å². The molecular formula is C18H24BrN5O4. The topological polar surface area (TPSA) is 102 Å². The summed E-state index contributed by atoms with van der Waals surface area (Å²) in [6.07, 6.45) is 1.22. The van der Waals surface area contributed by atoms with E-state index in [1.165, 1.54) is 4.52 Å². The molecule has 9 nitrogen and oxygen atoms in total. The monoisotopic (exact) mass is 453 g/mol. The molecule has 1 saturated heterocycles. The van der Waals surface area contributed by atoms with Gasteiger partial charge in [0, 0.05) is 13.1 Å². The maximum Gasteiger partial charge on any atom is 0.410 e. The Hall–Kier alpha value is -1.94. The highest BCUT2D eigenvalue weighted by Crippen LogP contribution is 2.47. The minimum Gasteiger partial charge on any atom is -0.444 e. The molecule has 1 amide bonds. The summed E-state index contributed by atoms with van der Waals surface area (Å²) >= 11 is 3.25. The number of nitrogens with one attached hydrogen (secondary N) is 1. The molecule has 10 heteroatoms. The van der Waals surface area contributed by atoms with Crippen molar-refractivity contribution in [2.24, 2.45) is 0 Å². The van der Waals surface area contributed by atoms with Crippen molar-refractivity contribution < 1.29 is 14.3 Å². The molecule has 4 rings (SSSR count). The number of fused-ring (bicyclic) bond motifs is 3. The number of carbonyl (C=O) groups is 1. The van der Waals surface area contributed by atoms with Gasteiger partial charge in [-0.05, 0) is 62.9 Å². The predicted molar refractivity (Wildman–Crippen MR) is 104 cm³/mol. The number of aromatic nitrogens is 4. The number of ether oxygens (including phenoxy) is 2. The van der Waals surface area contributed by atoms with E-state index in [1.54, 1.807) is 4.90 Å². The van der Waals surface area contributed by atoms with E-state index in [0.717, 1.165) is 0 Å². The third-order valence-corrected chi connectivity index (χ3v) is 5.54. The van der Waals surface area contributed by atoms with Crippen LogP contribution in [0.2, 0.25) is 0 Å². The molecule has 0 unspecified atom stereocenters. The summed E-state index contributed by atoms with van der Waals surface area (Å²) in [5.41, 5.74) is -0.300. The molecule has 4 heterocycles. The van der Waals surface area contributed by atoms with E-state index in [1.807, 2.05) is 27.7 Å². The largest absolute Gasteiger partial charge is 0.444 e. The van der Waals surface area contributed by atoms with Crippen LogP contribution in [-0.2, 0) is 15.1 Å². The number of likely N-dealkylation sites (tertiary alicyclic amines) is 1. The van der Waals surface area contributed by atoms with Crippen LogP contribution in [0.4, 0.5) is 4.79 Å². The Morgan fingerprint density at radius 3 is 2.79 bits per heavy atom. The lowest BCUT2D eigenvalue weighted by Crippen LogP contribution is -2.39. The fraction of sp³-hybridized carbons (Fsp3) is 0.667. The summed E-state index contributed by atoms with van der Waals surface area (Å²) in [6.45, 7) is 8.47. The SMILES string of the molecule is C[C@@H]1O[C@]2(CCCN(C(=O)OC(C)(C)C)CC2)c2c1nc1nc(Br)[nH]n1c2=O. The number of halogens is 1. The van der Waals surface area contributed by atoms with Gasteiger partial charge in [0.25, 0.3) is 11.3 Å². The Bertz CT molecular complexity index is 994.